The molecule has 1 atom stereocenters. The molecule has 120 valence electrons. The Labute approximate surface area is 131 Å². The van der Waals surface area contributed by atoms with Crippen molar-refractivity contribution in [1.29, 1.82) is 0 Å². The number of likely N-dealkylation sites (N-methyl/N-ethyl adjacent to an activating group) is 1. The summed E-state index contributed by atoms with van der Waals surface area (Å²) in [7, 11) is 3.89. The molecule has 1 aromatic carbocycles. The van der Waals surface area contributed by atoms with E-state index in [0.29, 0.717) is 6.04 Å². The summed E-state index contributed by atoms with van der Waals surface area (Å²) in [4.78, 5) is 16.5. The Morgan fingerprint density at radius 3 is 2.68 bits per heavy atom. The number of nitrogens with zero attached hydrogens (tertiary/aromatic N) is 2. The molecule has 1 unspecified atom stereocenters. The van der Waals surface area contributed by atoms with Gasteiger partial charge >= 0.3 is 0 Å². The van der Waals surface area contributed by atoms with Gasteiger partial charge in [0.2, 0.25) is 0 Å². The summed E-state index contributed by atoms with van der Waals surface area (Å²) in [5, 5.41) is 0. The number of para-hydroxylation sites is 1. The van der Waals surface area contributed by atoms with E-state index in [1.165, 1.54) is 0 Å². The number of hydrogen-bond donors (Lipinski definition) is 0. The van der Waals surface area contributed by atoms with Gasteiger partial charge in [0, 0.05) is 38.2 Å². The average molecular weight is 304 g/mol. The first-order chi connectivity index (χ1) is 10.6. The average Bonchev–Trinajstić information content (AvgIpc) is 2.82. The van der Waals surface area contributed by atoms with Gasteiger partial charge in [0.15, 0.2) is 6.61 Å². The highest BCUT2D eigenvalue weighted by molar-refractivity contribution is 5.78. The molecule has 2 saturated heterocycles. The van der Waals surface area contributed by atoms with Crippen LogP contribution in [0.5, 0.6) is 5.75 Å². The van der Waals surface area contributed by atoms with Crippen LogP contribution in [0.4, 0.5) is 0 Å². The molecule has 0 saturated carbocycles. The molecule has 5 heteroatoms. The van der Waals surface area contributed by atoms with Crippen LogP contribution >= 0.6 is 0 Å². The van der Waals surface area contributed by atoms with Gasteiger partial charge in [-0.15, -0.1) is 0 Å². The van der Waals surface area contributed by atoms with E-state index in [2.05, 4.69) is 11.9 Å². The maximum atomic E-state index is 12.2. The number of ether oxygens (including phenoxy) is 2. The Morgan fingerprint density at radius 1 is 1.27 bits per heavy atom. The van der Waals surface area contributed by atoms with Crippen LogP contribution in [0.3, 0.4) is 0 Å². The van der Waals surface area contributed by atoms with Crippen LogP contribution < -0.4 is 4.74 Å². The number of carbonyl (C=O) groups excluding carboxylic acids is 1. The molecule has 5 nitrogen and oxygen atoms in total. The Hall–Kier alpha value is -1.59. The highest BCUT2D eigenvalue weighted by Crippen LogP contribution is 2.42. The van der Waals surface area contributed by atoms with E-state index < -0.39 is 0 Å². The molecular weight excluding hydrogens is 280 g/mol. The van der Waals surface area contributed by atoms with Crippen LogP contribution in [0.1, 0.15) is 6.42 Å². The van der Waals surface area contributed by atoms with Crippen molar-refractivity contribution in [3.63, 3.8) is 0 Å². The van der Waals surface area contributed by atoms with Gasteiger partial charge in [0.25, 0.3) is 5.91 Å². The maximum Gasteiger partial charge on any atom is 0.260 e. The summed E-state index contributed by atoms with van der Waals surface area (Å²) in [5.41, 5.74) is 0.264. The largest absolute Gasteiger partial charge is 0.484 e. The number of likely N-dealkylation sites (tertiary alicyclic amines) is 2. The first kappa shape index (κ1) is 15.3. The van der Waals surface area contributed by atoms with Gasteiger partial charge in [-0.2, -0.15) is 0 Å². The molecule has 0 bridgehead atoms. The van der Waals surface area contributed by atoms with E-state index in [0.717, 1.165) is 38.4 Å². The summed E-state index contributed by atoms with van der Waals surface area (Å²) >= 11 is 0. The second-order valence-electron chi connectivity index (χ2n) is 6.58. The molecule has 2 aliphatic rings. The zero-order valence-corrected chi connectivity index (χ0v) is 13.3. The summed E-state index contributed by atoms with van der Waals surface area (Å²) in [6.45, 7) is 3.62. The lowest BCUT2D eigenvalue weighted by atomic mass is 9.78. The summed E-state index contributed by atoms with van der Waals surface area (Å²) in [6, 6.07) is 9.95. The lowest BCUT2D eigenvalue weighted by Crippen LogP contribution is -2.60. The molecule has 22 heavy (non-hydrogen) atoms. The van der Waals surface area contributed by atoms with Crippen LogP contribution in [-0.4, -0.2) is 68.8 Å². The van der Waals surface area contributed by atoms with Crippen molar-refractivity contribution in [3.05, 3.63) is 30.3 Å². The van der Waals surface area contributed by atoms with Gasteiger partial charge in [-0.25, -0.2) is 0 Å². The predicted molar refractivity (Wildman–Crippen MR) is 83.9 cm³/mol. The monoisotopic (exact) mass is 304 g/mol. The van der Waals surface area contributed by atoms with Crippen molar-refractivity contribution in [2.45, 2.75) is 12.5 Å². The fourth-order valence-corrected chi connectivity index (χ4v) is 3.68. The van der Waals surface area contributed by atoms with Gasteiger partial charge in [-0.05, 0) is 25.6 Å². The number of carbonyl (C=O) groups is 1. The highest BCUT2D eigenvalue weighted by Gasteiger charge is 2.51. The van der Waals surface area contributed by atoms with Crippen LogP contribution in [0.25, 0.3) is 0 Å². The van der Waals surface area contributed by atoms with E-state index in [4.69, 9.17) is 9.47 Å². The lowest BCUT2D eigenvalue weighted by molar-refractivity contribution is -0.144. The fraction of sp³-hybridized carbons (Fsp3) is 0.588. The van der Waals surface area contributed by atoms with Gasteiger partial charge in [0.05, 0.1) is 6.61 Å². The minimum atomic E-state index is 0.0762. The van der Waals surface area contributed by atoms with Crippen molar-refractivity contribution in [1.82, 2.24) is 9.80 Å². The summed E-state index contributed by atoms with van der Waals surface area (Å²) in [5.74, 6) is 0.819. The second-order valence-corrected chi connectivity index (χ2v) is 6.58. The van der Waals surface area contributed by atoms with Crippen molar-refractivity contribution < 1.29 is 14.3 Å². The minimum Gasteiger partial charge on any atom is -0.484 e. The van der Waals surface area contributed by atoms with Crippen LogP contribution in [0.15, 0.2) is 30.3 Å². The van der Waals surface area contributed by atoms with Crippen LogP contribution in [-0.2, 0) is 9.53 Å². The van der Waals surface area contributed by atoms with E-state index in [-0.39, 0.29) is 17.9 Å². The molecule has 1 aromatic rings. The quantitative estimate of drug-likeness (QED) is 0.821. The van der Waals surface area contributed by atoms with Crippen molar-refractivity contribution in [2.24, 2.45) is 5.41 Å². The second kappa shape index (κ2) is 6.26. The van der Waals surface area contributed by atoms with Gasteiger partial charge in [0.1, 0.15) is 5.75 Å². The Morgan fingerprint density at radius 2 is 2.00 bits per heavy atom. The normalized spacial score (nSPS) is 23.5. The maximum absolute atomic E-state index is 12.2. The molecular formula is C17H24N2O3. The van der Waals surface area contributed by atoms with Crippen molar-refractivity contribution >= 4 is 5.91 Å². The third kappa shape index (κ3) is 3.10. The third-order valence-corrected chi connectivity index (χ3v) is 4.75. The SMILES string of the molecule is COCC1CC2(CN(C(=O)COc3ccccc3)C2)CN1C. The molecule has 2 heterocycles. The molecule has 0 N–H and O–H groups in total. The van der Waals surface area contributed by atoms with Crippen molar-refractivity contribution in [2.75, 3.05) is 47.0 Å². The molecule has 0 aliphatic carbocycles. The predicted octanol–water partition coefficient (Wildman–Crippen LogP) is 1.24. The summed E-state index contributed by atoms with van der Waals surface area (Å²) < 4.78 is 10.8. The number of amides is 1. The Balaban J connectivity index is 1.46. The van der Waals surface area contributed by atoms with E-state index in [1.54, 1.807) is 7.11 Å². The standard InChI is InChI=1S/C17H24N2O3/c1-18-11-17(8-14(18)9-21-2)12-19(13-17)16(20)10-22-15-6-4-3-5-7-15/h3-7,14H,8-13H2,1-2H3. The van der Waals surface area contributed by atoms with E-state index in [1.807, 2.05) is 35.2 Å². The zero-order chi connectivity index (χ0) is 15.6. The Kier molecular flexibility index (Phi) is 4.36. The molecule has 2 aliphatic heterocycles. The van der Waals surface area contributed by atoms with E-state index >= 15 is 0 Å². The molecule has 2 fully saturated rings. The zero-order valence-electron chi connectivity index (χ0n) is 13.3. The highest BCUT2D eigenvalue weighted by atomic mass is 16.5. The molecule has 0 aromatic heterocycles. The van der Waals surface area contributed by atoms with E-state index in [9.17, 15) is 4.79 Å². The third-order valence-electron chi connectivity index (χ3n) is 4.75. The molecule has 0 radical (unpaired) electrons. The fourth-order valence-electron chi connectivity index (χ4n) is 3.68. The molecule has 3 rings (SSSR count). The number of hydrogen-bond acceptors (Lipinski definition) is 4. The van der Waals surface area contributed by atoms with Crippen LogP contribution in [0.2, 0.25) is 0 Å². The van der Waals surface area contributed by atoms with Crippen LogP contribution in [0, 0.1) is 5.41 Å². The van der Waals surface area contributed by atoms with Crippen molar-refractivity contribution in [3.8, 4) is 5.75 Å². The van der Waals surface area contributed by atoms with Gasteiger partial charge < -0.3 is 19.3 Å². The first-order valence-electron chi connectivity index (χ1n) is 7.77. The number of rotatable bonds is 5. The van der Waals surface area contributed by atoms with Gasteiger partial charge in [-0.3, -0.25) is 4.79 Å². The summed E-state index contributed by atoms with van der Waals surface area (Å²) in [6.07, 6.45) is 1.11. The molecule has 1 amide bonds. The van der Waals surface area contributed by atoms with Gasteiger partial charge in [-0.1, -0.05) is 18.2 Å². The lowest BCUT2D eigenvalue weighted by Gasteiger charge is -2.48. The first-order valence-corrected chi connectivity index (χ1v) is 7.77. The number of benzene rings is 1. The smallest absolute Gasteiger partial charge is 0.260 e. The molecule has 1 spiro atoms. The topological polar surface area (TPSA) is 42.0 Å². The Bertz CT molecular complexity index is 514. The number of methoxy groups -OCH3 is 1. The minimum absolute atomic E-state index is 0.0762.